The molecule has 25 heavy (non-hydrogen) atoms. The molecule has 0 fully saturated rings. The van der Waals surface area contributed by atoms with Crippen molar-refractivity contribution >= 4 is 40.8 Å². The van der Waals surface area contributed by atoms with E-state index in [1.54, 1.807) is 0 Å². The Morgan fingerprint density at radius 2 is 1.68 bits per heavy atom. The van der Waals surface area contributed by atoms with Gasteiger partial charge in [-0.1, -0.05) is 50.1 Å². The van der Waals surface area contributed by atoms with Crippen molar-refractivity contribution in [2.24, 2.45) is 0 Å². The highest BCUT2D eigenvalue weighted by Gasteiger charge is 2.08. The maximum absolute atomic E-state index is 4.70. The zero-order valence-corrected chi connectivity index (χ0v) is 15.6. The van der Waals surface area contributed by atoms with Crippen molar-refractivity contribution in [3.63, 3.8) is 0 Å². The molecule has 1 aromatic heterocycles. The Labute approximate surface area is 155 Å². The van der Waals surface area contributed by atoms with Crippen molar-refractivity contribution in [3.8, 4) is 0 Å². The number of hydrogen-bond donors (Lipinski definition) is 2. The molecule has 0 radical (unpaired) electrons. The second-order valence-electron chi connectivity index (χ2n) is 5.99. The second-order valence-corrected chi connectivity index (χ2v) is 5.99. The number of unbranched alkanes of at least 4 members (excludes halogenated alkanes) is 2. The van der Waals surface area contributed by atoms with Gasteiger partial charge in [-0.3, -0.25) is 0 Å². The molecule has 0 unspecified atom stereocenters. The molecule has 0 saturated carbocycles. The van der Waals surface area contributed by atoms with Gasteiger partial charge in [-0.05, 0) is 37.1 Å². The van der Waals surface area contributed by atoms with Crippen molar-refractivity contribution in [3.05, 3.63) is 54.1 Å². The van der Waals surface area contributed by atoms with Crippen LogP contribution in [0.2, 0.25) is 0 Å². The van der Waals surface area contributed by atoms with E-state index in [4.69, 9.17) is 4.98 Å². The largest absolute Gasteiger partial charge is 0.369 e. The number of nitrogens with zero attached hydrogens (tertiary/aromatic N) is 2. The molecule has 0 aliphatic rings. The van der Waals surface area contributed by atoms with Gasteiger partial charge in [-0.2, -0.15) is 4.98 Å². The van der Waals surface area contributed by atoms with Gasteiger partial charge in [0.1, 0.15) is 5.82 Å². The first-order chi connectivity index (χ1) is 11.8. The van der Waals surface area contributed by atoms with Crippen molar-refractivity contribution in [2.45, 2.75) is 33.1 Å². The first kappa shape index (κ1) is 19.0. The van der Waals surface area contributed by atoms with E-state index >= 15 is 0 Å². The number of para-hydroxylation sites is 2. The second kappa shape index (κ2) is 9.23. The molecular weight excluding hydrogens is 332 g/mol. The fraction of sp³-hybridized carbons (Fsp3) is 0.300. The molecular formula is C20H25ClN4. The fourth-order valence-electron chi connectivity index (χ4n) is 2.68. The highest BCUT2D eigenvalue weighted by atomic mass is 35.5. The number of rotatable bonds is 7. The first-order valence-corrected chi connectivity index (χ1v) is 8.61. The van der Waals surface area contributed by atoms with E-state index in [1.807, 2.05) is 36.4 Å². The zero-order chi connectivity index (χ0) is 16.8. The van der Waals surface area contributed by atoms with E-state index in [9.17, 15) is 0 Å². The van der Waals surface area contributed by atoms with Crippen LogP contribution in [0.5, 0.6) is 0 Å². The summed E-state index contributed by atoms with van der Waals surface area (Å²) in [6.45, 7) is 5.22. The number of aryl methyl sites for hydroxylation is 1. The van der Waals surface area contributed by atoms with Gasteiger partial charge in [-0.25, -0.2) is 4.98 Å². The summed E-state index contributed by atoms with van der Waals surface area (Å²) in [6, 6.07) is 16.3. The van der Waals surface area contributed by atoms with Crippen molar-refractivity contribution in [1.82, 2.24) is 9.97 Å². The number of benzene rings is 2. The van der Waals surface area contributed by atoms with Crippen LogP contribution in [0.25, 0.3) is 10.9 Å². The Hall–Kier alpha value is -2.33. The lowest BCUT2D eigenvalue weighted by atomic mass is 10.2. The van der Waals surface area contributed by atoms with E-state index in [0.717, 1.165) is 35.4 Å². The molecule has 5 heteroatoms. The third-order valence-corrected chi connectivity index (χ3v) is 4.07. The zero-order valence-electron chi connectivity index (χ0n) is 14.7. The molecule has 0 aliphatic heterocycles. The average molecular weight is 357 g/mol. The Morgan fingerprint density at radius 1 is 0.920 bits per heavy atom. The van der Waals surface area contributed by atoms with Gasteiger partial charge < -0.3 is 10.6 Å². The molecule has 3 aromatic rings. The van der Waals surface area contributed by atoms with E-state index in [-0.39, 0.29) is 12.4 Å². The van der Waals surface area contributed by atoms with Gasteiger partial charge >= 0.3 is 0 Å². The van der Waals surface area contributed by atoms with Crippen LogP contribution < -0.4 is 10.6 Å². The lowest BCUT2D eigenvalue weighted by Crippen LogP contribution is -2.07. The monoisotopic (exact) mass is 356 g/mol. The highest BCUT2D eigenvalue weighted by molar-refractivity contribution is 5.90. The minimum Gasteiger partial charge on any atom is -0.369 e. The number of hydrogen-bond acceptors (Lipinski definition) is 4. The van der Waals surface area contributed by atoms with Crippen LogP contribution in [0.4, 0.5) is 17.5 Å². The van der Waals surface area contributed by atoms with E-state index < -0.39 is 0 Å². The van der Waals surface area contributed by atoms with Crippen molar-refractivity contribution in [2.75, 3.05) is 17.2 Å². The smallest absolute Gasteiger partial charge is 0.229 e. The predicted octanol–water partition coefficient (Wildman–Crippen LogP) is 5.71. The molecule has 1 heterocycles. The molecule has 132 valence electrons. The summed E-state index contributed by atoms with van der Waals surface area (Å²) >= 11 is 0. The third kappa shape index (κ3) is 4.83. The standard InChI is InChI=1S/C20H24N4.ClH/c1-3-4-9-14-21-19-16-11-6-8-13-18(16)23-20(24-19)22-17-12-7-5-10-15(17)2;/h5-8,10-13H,3-4,9,14H2,1-2H3,(H2,21,22,23,24);1H. The van der Waals surface area contributed by atoms with Crippen LogP contribution in [0.15, 0.2) is 48.5 Å². The number of aromatic nitrogens is 2. The molecule has 2 aromatic carbocycles. The maximum Gasteiger partial charge on any atom is 0.229 e. The predicted molar refractivity (Wildman–Crippen MR) is 109 cm³/mol. The number of anilines is 3. The molecule has 0 amide bonds. The minimum absolute atomic E-state index is 0. The van der Waals surface area contributed by atoms with Crippen LogP contribution in [-0.2, 0) is 0 Å². The van der Waals surface area contributed by atoms with Gasteiger partial charge in [0.25, 0.3) is 0 Å². The lowest BCUT2D eigenvalue weighted by molar-refractivity contribution is 0.743. The molecule has 0 saturated heterocycles. The van der Waals surface area contributed by atoms with Gasteiger partial charge in [-0.15, -0.1) is 12.4 Å². The van der Waals surface area contributed by atoms with Crippen LogP contribution in [-0.4, -0.2) is 16.5 Å². The Morgan fingerprint density at radius 3 is 2.48 bits per heavy atom. The van der Waals surface area contributed by atoms with E-state index in [2.05, 4.69) is 41.6 Å². The highest BCUT2D eigenvalue weighted by Crippen LogP contribution is 2.24. The molecule has 0 atom stereocenters. The Bertz CT molecular complexity index is 820. The van der Waals surface area contributed by atoms with Gasteiger partial charge in [0.05, 0.1) is 5.52 Å². The maximum atomic E-state index is 4.70. The normalized spacial score (nSPS) is 10.3. The number of nitrogens with one attached hydrogen (secondary N) is 2. The lowest BCUT2D eigenvalue weighted by Gasteiger charge is -2.12. The average Bonchev–Trinajstić information content (AvgIpc) is 2.60. The van der Waals surface area contributed by atoms with E-state index in [1.165, 1.54) is 18.4 Å². The quantitative estimate of drug-likeness (QED) is 0.532. The van der Waals surface area contributed by atoms with Gasteiger partial charge in [0.2, 0.25) is 5.95 Å². The van der Waals surface area contributed by atoms with Crippen LogP contribution in [0.1, 0.15) is 31.7 Å². The molecule has 0 bridgehead atoms. The molecule has 3 rings (SSSR count). The summed E-state index contributed by atoms with van der Waals surface area (Å²) in [7, 11) is 0. The van der Waals surface area contributed by atoms with Crippen molar-refractivity contribution < 1.29 is 0 Å². The number of halogens is 1. The summed E-state index contributed by atoms with van der Waals surface area (Å²) in [5.74, 6) is 1.52. The number of fused-ring (bicyclic) bond motifs is 1. The molecule has 0 aliphatic carbocycles. The van der Waals surface area contributed by atoms with Crippen LogP contribution in [0.3, 0.4) is 0 Å². The van der Waals surface area contributed by atoms with E-state index in [0.29, 0.717) is 5.95 Å². The molecule has 4 nitrogen and oxygen atoms in total. The third-order valence-electron chi connectivity index (χ3n) is 4.07. The molecule has 0 spiro atoms. The SMILES string of the molecule is CCCCCNc1nc(Nc2ccccc2C)nc2ccccc12.Cl. The summed E-state index contributed by atoms with van der Waals surface area (Å²) in [5.41, 5.74) is 3.15. The Kier molecular flexibility index (Phi) is 7.02. The van der Waals surface area contributed by atoms with Crippen LogP contribution >= 0.6 is 12.4 Å². The summed E-state index contributed by atoms with van der Waals surface area (Å²) in [6.07, 6.45) is 3.59. The Balaban J connectivity index is 0.00000225. The first-order valence-electron chi connectivity index (χ1n) is 8.61. The van der Waals surface area contributed by atoms with Gasteiger partial charge in [0, 0.05) is 17.6 Å². The summed E-state index contributed by atoms with van der Waals surface area (Å²) < 4.78 is 0. The summed E-state index contributed by atoms with van der Waals surface area (Å²) in [4.78, 5) is 9.36. The minimum atomic E-state index is 0. The van der Waals surface area contributed by atoms with Crippen molar-refractivity contribution in [1.29, 1.82) is 0 Å². The topological polar surface area (TPSA) is 49.8 Å². The van der Waals surface area contributed by atoms with Gasteiger partial charge in [0.15, 0.2) is 0 Å². The molecule has 2 N–H and O–H groups in total. The summed E-state index contributed by atoms with van der Waals surface area (Å²) in [5, 5.41) is 7.88. The fourth-order valence-corrected chi connectivity index (χ4v) is 2.68. The van der Waals surface area contributed by atoms with Crippen LogP contribution in [0, 0.1) is 6.92 Å².